The van der Waals surface area contributed by atoms with E-state index in [9.17, 15) is 4.79 Å². The van der Waals surface area contributed by atoms with Crippen LogP contribution in [0.25, 0.3) is 0 Å². The number of H-pyrrole nitrogens is 1. The molecular weight excluding hydrogens is 236 g/mol. The summed E-state index contributed by atoms with van der Waals surface area (Å²) in [6, 6.07) is -0.571. The van der Waals surface area contributed by atoms with Gasteiger partial charge in [-0.05, 0) is 31.5 Å². The first-order valence-corrected chi connectivity index (χ1v) is 5.88. The number of aromatic nitrogens is 4. The van der Waals surface area contributed by atoms with Crippen LogP contribution in [0, 0.1) is 0 Å². The normalized spacial score (nSPS) is 14.2. The number of nitrogens with zero attached hydrogens (tertiary/aromatic N) is 3. The highest BCUT2D eigenvalue weighted by molar-refractivity contribution is 5.92. The molecule has 2 atom stereocenters. The second kappa shape index (κ2) is 7.69. The van der Waals surface area contributed by atoms with Gasteiger partial charge in [-0.2, -0.15) is 5.21 Å². The van der Waals surface area contributed by atoms with Crippen molar-refractivity contribution in [3.05, 3.63) is 0 Å². The summed E-state index contributed by atoms with van der Waals surface area (Å²) in [5.74, 6) is -0.175. The first-order chi connectivity index (χ1) is 8.59. The molecule has 0 unspecified atom stereocenters. The van der Waals surface area contributed by atoms with Crippen LogP contribution in [-0.4, -0.2) is 45.3 Å². The van der Waals surface area contributed by atoms with Gasteiger partial charge in [0.1, 0.15) is 0 Å². The van der Waals surface area contributed by atoms with Crippen molar-refractivity contribution in [1.82, 2.24) is 25.9 Å². The molecular formula is C9H20N8O. The van der Waals surface area contributed by atoms with E-state index in [0.717, 1.165) is 19.4 Å². The Hall–Kier alpha value is -1.58. The predicted octanol–water partition coefficient (Wildman–Crippen LogP) is -1.47. The highest BCUT2D eigenvalue weighted by Gasteiger charge is 2.14. The number of aromatic amines is 1. The van der Waals surface area contributed by atoms with Crippen molar-refractivity contribution in [3.63, 3.8) is 0 Å². The maximum absolute atomic E-state index is 11.6. The average molecular weight is 256 g/mol. The number of tetrazole rings is 1. The van der Waals surface area contributed by atoms with Crippen LogP contribution in [0.4, 0.5) is 5.95 Å². The highest BCUT2D eigenvalue weighted by Crippen LogP contribution is 2.01. The van der Waals surface area contributed by atoms with Gasteiger partial charge in [-0.3, -0.25) is 10.1 Å². The zero-order valence-corrected chi connectivity index (χ0v) is 10.4. The molecule has 1 aromatic heterocycles. The number of amides is 1. The molecule has 18 heavy (non-hydrogen) atoms. The lowest BCUT2D eigenvalue weighted by Crippen LogP contribution is -2.37. The smallest absolute Gasteiger partial charge is 0.269 e. The van der Waals surface area contributed by atoms with Gasteiger partial charge in [0, 0.05) is 0 Å². The fraction of sp³-hybridized carbons (Fsp3) is 0.778. The van der Waals surface area contributed by atoms with Crippen LogP contribution in [0.3, 0.4) is 0 Å². The lowest BCUT2D eigenvalue weighted by molar-refractivity contribution is -0.117. The zero-order valence-electron chi connectivity index (χ0n) is 10.4. The molecule has 0 aliphatic carbocycles. The van der Waals surface area contributed by atoms with Crippen molar-refractivity contribution >= 4 is 11.9 Å². The number of carbonyl (C=O) groups excluding carboxylic acids is 1. The van der Waals surface area contributed by atoms with Gasteiger partial charge in [-0.15, -0.1) is 5.10 Å². The number of anilines is 1. The van der Waals surface area contributed by atoms with Gasteiger partial charge < -0.3 is 16.8 Å². The molecule has 0 fully saturated rings. The minimum absolute atomic E-state index is 0.0137. The molecule has 1 amide bonds. The Morgan fingerprint density at radius 3 is 2.83 bits per heavy atom. The standard InChI is InChI=1S/C9H20N8O/c1-6(10)12-5-3-2-4-7(11)8(18)13-9-14-16-17-15-9/h6-7,12H,2-5,10-11H2,1H3,(H2,13,14,15,16,17,18)/t6-,7+/m1/s1. The summed E-state index contributed by atoms with van der Waals surface area (Å²) in [4.78, 5) is 11.6. The Morgan fingerprint density at radius 1 is 1.44 bits per heavy atom. The molecule has 0 saturated heterocycles. The summed E-state index contributed by atoms with van der Waals surface area (Å²) in [5, 5.41) is 18.3. The van der Waals surface area contributed by atoms with Gasteiger partial charge >= 0.3 is 0 Å². The van der Waals surface area contributed by atoms with E-state index in [1.807, 2.05) is 6.92 Å². The topological polar surface area (TPSA) is 148 Å². The van der Waals surface area contributed by atoms with Crippen molar-refractivity contribution in [2.45, 2.75) is 38.4 Å². The number of nitrogens with two attached hydrogens (primary N) is 2. The van der Waals surface area contributed by atoms with Gasteiger partial charge in [0.05, 0.1) is 12.2 Å². The molecule has 0 spiro atoms. The number of unbranched alkanes of at least 4 members (excludes halogenated alkanes) is 1. The maximum Gasteiger partial charge on any atom is 0.269 e. The molecule has 9 nitrogen and oxygen atoms in total. The molecule has 1 heterocycles. The third-order valence-corrected chi connectivity index (χ3v) is 2.33. The monoisotopic (exact) mass is 256 g/mol. The van der Waals surface area contributed by atoms with Crippen molar-refractivity contribution in [3.8, 4) is 0 Å². The van der Waals surface area contributed by atoms with Gasteiger partial charge in [0.2, 0.25) is 5.91 Å². The fourth-order valence-electron chi connectivity index (χ4n) is 1.37. The van der Waals surface area contributed by atoms with Crippen molar-refractivity contribution in [2.24, 2.45) is 11.5 Å². The molecule has 9 heteroatoms. The third-order valence-electron chi connectivity index (χ3n) is 2.33. The van der Waals surface area contributed by atoms with E-state index in [1.54, 1.807) is 0 Å². The second-order valence-electron chi connectivity index (χ2n) is 4.07. The van der Waals surface area contributed by atoms with Crippen LogP contribution in [-0.2, 0) is 4.79 Å². The van der Waals surface area contributed by atoms with Crippen LogP contribution in [0.1, 0.15) is 26.2 Å². The first kappa shape index (κ1) is 14.5. The summed E-state index contributed by atoms with van der Waals surface area (Å²) >= 11 is 0. The molecule has 0 saturated carbocycles. The minimum atomic E-state index is -0.571. The molecule has 0 aromatic carbocycles. The van der Waals surface area contributed by atoms with Crippen molar-refractivity contribution in [1.29, 1.82) is 0 Å². The quantitative estimate of drug-likeness (QED) is 0.281. The largest absolute Gasteiger partial charge is 0.320 e. The lowest BCUT2D eigenvalue weighted by Gasteiger charge is -2.11. The van der Waals surface area contributed by atoms with Gasteiger partial charge in [-0.1, -0.05) is 11.5 Å². The second-order valence-corrected chi connectivity index (χ2v) is 4.07. The van der Waals surface area contributed by atoms with Crippen molar-refractivity contribution < 1.29 is 4.79 Å². The Bertz CT molecular complexity index is 338. The summed E-state index contributed by atoms with van der Waals surface area (Å²) in [6.45, 7) is 2.70. The molecule has 1 rings (SSSR count). The van der Waals surface area contributed by atoms with Gasteiger partial charge in [0.15, 0.2) is 0 Å². The molecule has 0 aliphatic rings. The summed E-state index contributed by atoms with van der Waals surface area (Å²) < 4.78 is 0. The lowest BCUT2D eigenvalue weighted by atomic mass is 10.1. The Kier molecular flexibility index (Phi) is 6.19. The van der Waals surface area contributed by atoms with E-state index in [0.29, 0.717) is 6.42 Å². The van der Waals surface area contributed by atoms with Crippen LogP contribution in [0.15, 0.2) is 0 Å². The summed E-state index contributed by atoms with van der Waals surface area (Å²) in [6.07, 6.45) is 2.36. The maximum atomic E-state index is 11.6. The molecule has 102 valence electrons. The number of rotatable bonds is 8. The zero-order chi connectivity index (χ0) is 13.4. The van der Waals surface area contributed by atoms with E-state index >= 15 is 0 Å². The Morgan fingerprint density at radius 2 is 2.22 bits per heavy atom. The first-order valence-electron chi connectivity index (χ1n) is 5.88. The molecule has 7 N–H and O–H groups in total. The van der Waals surface area contributed by atoms with Crippen LogP contribution in [0.2, 0.25) is 0 Å². The van der Waals surface area contributed by atoms with Crippen LogP contribution in [0.5, 0.6) is 0 Å². The van der Waals surface area contributed by atoms with E-state index in [1.165, 1.54) is 0 Å². The molecule has 0 bridgehead atoms. The summed E-state index contributed by atoms with van der Waals surface area (Å²) in [5.41, 5.74) is 11.3. The van der Waals surface area contributed by atoms with E-state index in [4.69, 9.17) is 11.5 Å². The molecule has 0 aliphatic heterocycles. The Labute approximate surface area is 105 Å². The van der Waals surface area contributed by atoms with E-state index in [-0.39, 0.29) is 18.0 Å². The molecule has 0 radical (unpaired) electrons. The number of nitrogens with one attached hydrogen (secondary N) is 3. The number of hydrogen-bond donors (Lipinski definition) is 5. The van der Waals surface area contributed by atoms with E-state index < -0.39 is 6.04 Å². The third kappa shape index (κ3) is 5.66. The van der Waals surface area contributed by atoms with Crippen LogP contribution >= 0.6 is 0 Å². The van der Waals surface area contributed by atoms with Gasteiger partial charge in [-0.25, -0.2) is 0 Å². The number of carbonyl (C=O) groups is 1. The fourth-order valence-corrected chi connectivity index (χ4v) is 1.37. The Balaban J connectivity index is 2.12. The van der Waals surface area contributed by atoms with Gasteiger partial charge in [0.25, 0.3) is 5.95 Å². The van der Waals surface area contributed by atoms with Crippen LogP contribution < -0.4 is 22.1 Å². The predicted molar refractivity (Wildman–Crippen MR) is 66.3 cm³/mol. The highest BCUT2D eigenvalue weighted by atomic mass is 16.2. The van der Waals surface area contributed by atoms with Crippen molar-refractivity contribution in [2.75, 3.05) is 11.9 Å². The average Bonchev–Trinajstić information content (AvgIpc) is 2.80. The number of hydrogen-bond acceptors (Lipinski definition) is 7. The molecule has 1 aromatic rings. The SMILES string of the molecule is C[C@H](N)NCCCC[C@H](N)C(=O)Nc1nn[nH]n1. The van der Waals surface area contributed by atoms with E-state index in [2.05, 4.69) is 31.3 Å². The minimum Gasteiger partial charge on any atom is -0.320 e. The summed E-state index contributed by atoms with van der Waals surface area (Å²) in [7, 11) is 0.